The zero-order valence-corrected chi connectivity index (χ0v) is 16.9. The lowest BCUT2D eigenvalue weighted by Gasteiger charge is -2.38. The molecule has 0 saturated carbocycles. The predicted molar refractivity (Wildman–Crippen MR) is 103 cm³/mol. The molecule has 0 saturated heterocycles. The van der Waals surface area contributed by atoms with Gasteiger partial charge in [0.15, 0.2) is 5.78 Å². The second-order valence-electron chi connectivity index (χ2n) is 7.28. The molecule has 0 bridgehead atoms. The van der Waals surface area contributed by atoms with Crippen LogP contribution in [0.1, 0.15) is 38.7 Å². The van der Waals surface area contributed by atoms with Gasteiger partial charge in [-0.1, -0.05) is 25.1 Å². The molecule has 0 amide bonds. The van der Waals surface area contributed by atoms with Crippen LogP contribution in [0.5, 0.6) is 0 Å². The van der Waals surface area contributed by atoms with Gasteiger partial charge in [0.2, 0.25) is 0 Å². The topological polar surface area (TPSA) is 81.7 Å². The molecule has 3 rings (SSSR count). The van der Waals surface area contributed by atoms with Crippen molar-refractivity contribution in [1.29, 1.82) is 0 Å². The molecule has 1 heterocycles. The third-order valence-corrected chi connectivity index (χ3v) is 5.45. The number of rotatable bonds is 4. The summed E-state index contributed by atoms with van der Waals surface area (Å²) in [4.78, 5) is 38.4. The molecule has 2 aliphatic rings. The number of Topliss-reactive ketones (excluding diaryl/α,β-unsaturated/α-hetero) is 1. The molecule has 0 fully saturated rings. The fourth-order valence-electron chi connectivity index (χ4n) is 4.18. The van der Waals surface area contributed by atoms with Gasteiger partial charge in [-0.2, -0.15) is 0 Å². The predicted octanol–water partition coefficient (Wildman–Crippen LogP) is 3.00. The number of methoxy groups -OCH3 is 1. The number of nitrogens with one attached hydrogen (secondary N) is 1. The molecule has 1 aliphatic carbocycles. The van der Waals surface area contributed by atoms with Gasteiger partial charge in [-0.25, -0.2) is 9.18 Å². The molecule has 6 nitrogen and oxygen atoms in total. The minimum absolute atomic E-state index is 0.140. The van der Waals surface area contributed by atoms with Crippen LogP contribution in [0.25, 0.3) is 0 Å². The Kier molecular flexibility index (Phi) is 5.86. The van der Waals surface area contributed by atoms with Crippen molar-refractivity contribution in [3.05, 3.63) is 58.2 Å². The highest BCUT2D eigenvalue weighted by Crippen LogP contribution is 2.45. The lowest BCUT2D eigenvalue weighted by molar-refractivity contribution is -0.151. The minimum Gasteiger partial charge on any atom is -0.468 e. The summed E-state index contributed by atoms with van der Waals surface area (Å²) in [6.07, 6.45) is 0.402. The van der Waals surface area contributed by atoms with Gasteiger partial charge >= 0.3 is 11.9 Å². The Morgan fingerprint density at radius 3 is 2.59 bits per heavy atom. The standard InChI is InChI=1S/C22H24FNO5/c1-5-29-22(27)17-12(3)24-15-10-11(2)16(21(26)28-4)20(25)19(15)18(17)13-8-6-7-9-14(13)23/h6-9,11,16,18,24H,5,10H2,1-4H3/t11-,16+,18-/m1/s1. The number of halogens is 1. The number of esters is 2. The van der Waals surface area contributed by atoms with E-state index in [1.165, 1.54) is 19.2 Å². The number of hydrogen-bond acceptors (Lipinski definition) is 6. The average molecular weight is 401 g/mol. The summed E-state index contributed by atoms with van der Waals surface area (Å²) in [6, 6.07) is 6.01. The number of ether oxygens (including phenoxy) is 2. The van der Waals surface area contributed by atoms with Crippen LogP contribution in [0.3, 0.4) is 0 Å². The molecule has 1 aliphatic heterocycles. The Labute approximate surface area is 168 Å². The van der Waals surface area contributed by atoms with Crippen LogP contribution in [-0.4, -0.2) is 31.4 Å². The monoisotopic (exact) mass is 401 g/mol. The van der Waals surface area contributed by atoms with Gasteiger partial charge in [0.05, 0.1) is 25.2 Å². The van der Waals surface area contributed by atoms with Gasteiger partial charge in [0.25, 0.3) is 0 Å². The van der Waals surface area contributed by atoms with E-state index in [4.69, 9.17) is 9.47 Å². The normalized spacial score (nSPS) is 24.0. The first-order valence-corrected chi connectivity index (χ1v) is 9.56. The summed E-state index contributed by atoms with van der Waals surface area (Å²) in [5, 5.41) is 3.13. The minimum atomic E-state index is -1.00. The molecule has 7 heteroatoms. The third-order valence-electron chi connectivity index (χ3n) is 5.45. The number of ketones is 1. The molecule has 0 radical (unpaired) electrons. The molecule has 0 aromatic heterocycles. The van der Waals surface area contributed by atoms with Crippen molar-refractivity contribution < 1.29 is 28.2 Å². The first-order chi connectivity index (χ1) is 13.8. The van der Waals surface area contributed by atoms with Crippen molar-refractivity contribution >= 4 is 17.7 Å². The van der Waals surface area contributed by atoms with Crippen LogP contribution in [0.2, 0.25) is 0 Å². The van der Waals surface area contributed by atoms with Gasteiger partial charge in [-0.3, -0.25) is 9.59 Å². The van der Waals surface area contributed by atoms with E-state index in [2.05, 4.69) is 5.32 Å². The average Bonchev–Trinajstić information content (AvgIpc) is 2.67. The summed E-state index contributed by atoms with van der Waals surface area (Å²) in [5.41, 5.74) is 1.68. The molecule has 0 unspecified atom stereocenters. The van der Waals surface area contributed by atoms with Crippen molar-refractivity contribution in [3.8, 4) is 0 Å². The van der Waals surface area contributed by atoms with Crippen molar-refractivity contribution in [3.63, 3.8) is 0 Å². The SMILES string of the molecule is CCOC(=O)C1=C(C)NC2=C(C(=O)[C@@H](C(=O)OC)[C@H](C)C2)[C@@H]1c1ccccc1F. The van der Waals surface area contributed by atoms with Crippen LogP contribution in [0.4, 0.5) is 4.39 Å². The molecule has 1 N–H and O–H groups in total. The van der Waals surface area contributed by atoms with E-state index in [1.807, 2.05) is 0 Å². The Morgan fingerprint density at radius 1 is 1.28 bits per heavy atom. The zero-order valence-electron chi connectivity index (χ0n) is 16.9. The number of dihydropyridines is 1. The van der Waals surface area contributed by atoms with E-state index in [1.54, 1.807) is 32.9 Å². The van der Waals surface area contributed by atoms with Crippen LogP contribution in [-0.2, 0) is 23.9 Å². The van der Waals surface area contributed by atoms with E-state index in [-0.39, 0.29) is 29.2 Å². The number of hydrogen-bond donors (Lipinski definition) is 1. The summed E-state index contributed by atoms with van der Waals surface area (Å²) < 4.78 is 24.8. The Balaban J connectivity index is 2.21. The quantitative estimate of drug-likeness (QED) is 0.617. The number of carbonyl (C=O) groups is 3. The van der Waals surface area contributed by atoms with Crippen molar-refractivity contribution in [2.24, 2.45) is 11.8 Å². The lowest BCUT2D eigenvalue weighted by Crippen LogP contribution is -2.43. The number of benzene rings is 1. The molecule has 29 heavy (non-hydrogen) atoms. The van der Waals surface area contributed by atoms with Gasteiger partial charge in [-0.05, 0) is 32.3 Å². The van der Waals surface area contributed by atoms with E-state index in [0.717, 1.165) is 0 Å². The summed E-state index contributed by atoms with van der Waals surface area (Å²) in [6.45, 7) is 5.31. The maximum absolute atomic E-state index is 14.8. The number of carbonyl (C=O) groups excluding carboxylic acids is 3. The number of allylic oxidation sites excluding steroid dienone is 3. The van der Waals surface area contributed by atoms with Crippen LogP contribution in [0.15, 0.2) is 46.8 Å². The van der Waals surface area contributed by atoms with E-state index in [9.17, 15) is 18.8 Å². The molecule has 3 atom stereocenters. The van der Waals surface area contributed by atoms with Crippen molar-refractivity contribution in [1.82, 2.24) is 5.32 Å². The van der Waals surface area contributed by atoms with Crippen molar-refractivity contribution in [2.45, 2.75) is 33.1 Å². The van der Waals surface area contributed by atoms with E-state index in [0.29, 0.717) is 17.8 Å². The Hall–Kier alpha value is -2.96. The molecule has 0 spiro atoms. The summed E-state index contributed by atoms with van der Waals surface area (Å²) in [5.74, 6) is -4.51. The van der Waals surface area contributed by atoms with Crippen LogP contribution in [0, 0.1) is 17.7 Å². The van der Waals surface area contributed by atoms with Crippen LogP contribution >= 0.6 is 0 Å². The second kappa shape index (κ2) is 8.19. The van der Waals surface area contributed by atoms with Crippen LogP contribution < -0.4 is 5.32 Å². The lowest BCUT2D eigenvalue weighted by atomic mass is 9.69. The second-order valence-corrected chi connectivity index (χ2v) is 7.28. The van der Waals surface area contributed by atoms with Gasteiger partial charge in [-0.15, -0.1) is 0 Å². The highest BCUT2D eigenvalue weighted by atomic mass is 19.1. The first-order valence-electron chi connectivity index (χ1n) is 9.56. The zero-order chi connectivity index (χ0) is 21.3. The summed E-state index contributed by atoms with van der Waals surface area (Å²) >= 11 is 0. The highest BCUT2D eigenvalue weighted by Gasteiger charge is 2.47. The third kappa shape index (κ3) is 3.57. The molecule has 1 aromatic rings. The first kappa shape index (κ1) is 20.8. The molecular formula is C22H24FNO5. The fraction of sp³-hybridized carbons (Fsp3) is 0.409. The highest BCUT2D eigenvalue weighted by molar-refractivity contribution is 6.12. The van der Waals surface area contributed by atoms with E-state index >= 15 is 0 Å². The molecule has 154 valence electrons. The molecule has 1 aromatic carbocycles. The Morgan fingerprint density at radius 2 is 1.97 bits per heavy atom. The maximum Gasteiger partial charge on any atom is 0.336 e. The van der Waals surface area contributed by atoms with Gasteiger partial charge in [0.1, 0.15) is 11.7 Å². The van der Waals surface area contributed by atoms with Gasteiger partial charge < -0.3 is 14.8 Å². The van der Waals surface area contributed by atoms with E-state index < -0.39 is 35.4 Å². The largest absolute Gasteiger partial charge is 0.468 e. The fourth-order valence-corrected chi connectivity index (χ4v) is 4.18. The van der Waals surface area contributed by atoms with Crippen molar-refractivity contribution in [2.75, 3.05) is 13.7 Å². The maximum atomic E-state index is 14.8. The molecular weight excluding hydrogens is 377 g/mol. The smallest absolute Gasteiger partial charge is 0.336 e. The van der Waals surface area contributed by atoms with Gasteiger partial charge in [0, 0.05) is 22.5 Å². The summed E-state index contributed by atoms with van der Waals surface area (Å²) in [7, 11) is 1.23. The Bertz CT molecular complexity index is 933.